The van der Waals surface area contributed by atoms with E-state index in [1.807, 2.05) is 18.2 Å². The van der Waals surface area contributed by atoms with E-state index in [1.54, 1.807) is 35.2 Å². The molecule has 24 heavy (non-hydrogen) atoms. The van der Waals surface area contributed by atoms with E-state index < -0.39 is 0 Å². The van der Waals surface area contributed by atoms with Crippen LogP contribution in [0.4, 0.5) is 11.4 Å². The molecule has 1 aliphatic rings. The van der Waals surface area contributed by atoms with Gasteiger partial charge in [-0.3, -0.25) is 9.59 Å². The SMILES string of the molecule is N#CCc1ccc(NC(=O)c2cccc(N3CCCC3=O)c2)cc1. The summed E-state index contributed by atoms with van der Waals surface area (Å²) in [6.45, 7) is 0.699. The van der Waals surface area contributed by atoms with E-state index in [2.05, 4.69) is 11.4 Å². The van der Waals surface area contributed by atoms with Gasteiger partial charge in [-0.2, -0.15) is 5.26 Å². The molecule has 2 aromatic carbocycles. The van der Waals surface area contributed by atoms with E-state index in [4.69, 9.17) is 5.26 Å². The molecule has 1 heterocycles. The van der Waals surface area contributed by atoms with Gasteiger partial charge in [0.15, 0.2) is 0 Å². The molecular formula is C19H17N3O2. The van der Waals surface area contributed by atoms with E-state index in [1.165, 1.54) is 0 Å². The van der Waals surface area contributed by atoms with Crippen molar-refractivity contribution in [2.45, 2.75) is 19.3 Å². The van der Waals surface area contributed by atoms with Crippen LogP contribution in [0.1, 0.15) is 28.8 Å². The Morgan fingerprint density at radius 1 is 1.21 bits per heavy atom. The second kappa shape index (κ2) is 6.97. The molecule has 0 aliphatic carbocycles. The van der Waals surface area contributed by atoms with Crippen LogP contribution < -0.4 is 10.2 Å². The highest BCUT2D eigenvalue weighted by molar-refractivity contribution is 6.05. The molecular weight excluding hydrogens is 302 g/mol. The molecule has 1 saturated heterocycles. The third kappa shape index (κ3) is 3.44. The maximum Gasteiger partial charge on any atom is 0.255 e. The third-order valence-electron chi connectivity index (χ3n) is 3.99. The normalized spacial score (nSPS) is 13.6. The van der Waals surface area contributed by atoms with Gasteiger partial charge in [0.2, 0.25) is 5.91 Å². The fourth-order valence-corrected chi connectivity index (χ4v) is 2.74. The molecule has 2 amide bonds. The van der Waals surface area contributed by atoms with E-state index >= 15 is 0 Å². The molecule has 120 valence electrons. The molecule has 0 spiro atoms. The molecule has 3 rings (SSSR count). The van der Waals surface area contributed by atoms with Crippen LogP contribution in [0.25, 0.3) is 0 Å². The second-order valence-electron chi connectivity index (χ2n) is 5.69. The predicted molar refractivity (Wildman–Crippen MR) is 91.7 cm³/mol. The van der Waals surface area contributed by atoms with E-state index in [0.29, 0.717) is 30.6 Å². The number of hydrogen-bond acceptors (Lipinski definition) is 3. The van der Waals surface area contributed by atoms with Crippen molar-refractivity contribution in [2.24, 2.45) is 0 Å². The third-order valence-corrected chi connectivity index (χ3v) is 3.99. The Labute approximate surface area is 140 Å². The van der Waals surface area contributed by atoms with Crippen molar-refractivity contribution in [1.29, 1.82) is 5.26 Å². The van der Waals surface area contributed by atoms with Gasteiger partial charge in [0.1, 0.15) is 0 Å². The van der Waals surface area contributed by atoms with Crippen molar-refractivity contribution in [3.8, 4) is 6.07 Å². The summed E-state index contributed by atoms with van der Waals surface area (Å²) < 4.78 is 0. The molecule has 2 aromatic rings. The largest absolute Gasteiger partial charge is 0.322 e. The molecule has 0 bridgehead atoms. The molecule has 1 fully saturated rings. The second-order valence-corrected chi connectivity index (χ2v) is 5.69. The van der Waals surface area contributed by atoms with Gasteiger partial charge in [-0.15, -0.1) is 0 Å². The lowest BCUT2D eigenvalue weighted by atomic mass is 10.1. The van der Waals surface area contributed by atoms with Gasteiger partial charge in [0, 0.05) is 29.9 Å². The molecule has 0 aromatic heterocycles. The van der Waals surface area contributed by atoms with Crippen LogP contribution in [0.2, 0.25) is 0 Å². The minimum Gasteiger partial charge on any atom is -0.322 e. The van der Waals surface area contributed by atoms with Gasteiger partial charge < -0.3 is 10.2 Å². The molecule has 0 radical (unpaired) electrons. The van der Waals surface area contributed by atoms with Gasteiger partial charge in [0.25, 0.3) is 5.91 Å². The number of rotatable bonds is 4. The van der Waals surface area contributed by atoms with Crippen LogP contribution >= 0.6 is 0 Å². The fraction of sp³-hybridized carbons (Fsp3) is 0.211. The number of anilines is 2. The maximum atomic E-state index is 12.4. The summed E-state index contributed by atoms with van der Waals surface area (Å²) in [4.78, 5) is 26.0. The predicted octanol–water partition coefficient (Wildman–Crippen LogP) is 3.13. The van der Waals surface area contributed by atoms with Crippen molar-refractivity contribution in [2.75, 3.05) is 16.8 Å². The summed E-state index contributed by atoms with van der Waals surface area (Å²) in [7, 11) is 0. The van der Waals surface area contributed by atoms with Crippen LogP contribution in [-0.4, -0.2) is 18.4 Å². The van der Waals surface area contributed by atoms with Crippen LogP contribution in [0.3, 0.4) is 0 Å². The first-order valence-corrected chi connectivity index (χ1v) is 7.85. The summed E-state index contributed by atoms with van der Waals surface area (Å²) in [6, 6.07) is 16.4. The quantitative estimate of drug-likeness (QED) is 0.941. The van der Waals surface area contributed by atoms with Crippen molar-refractivity contribution in [3.63, 3.8) is 0 Å². The number of nitrogens with zero attached hydrogens (tertiary/aromatic N) is 2. The first-order valence-electron chi connectivity index (χ1n) is 7.85. The average Bonchev–Trinajstić information content (AvgIpc) is 3.03. The number of hydrogen-bond donors (Lipinski definition) is 1. The Morgan fingerprint density at radius 3 is 2.67 bits per heavy atom. The number of nitrogens with one attached hydrogen (secondary N) is 1. The Bertz CT molecular complexity index is 806. The number of carbonyl (C=O) groups is 2. The highest BCUT2D eigenvalue weighted by atomic mass is 16.2. The van der Waals surface area contributed by atoms with Crippen LogP contribution in [-0.2, 0) is 11.2 Å². The topological polar surface area (TPSA) is 73.2 Å². The molecule has 0 atom stereocenters. The molecule has 5 nitrogen and oxygen atoms in total. The summed E-state index contributed by atoms with van der Waals surface area (Å²) in [6.07, 6.45) is 1.76. The van der Waals surface area contributed by atoms with E-state index in [0.717, 1.165) is 17.7 Å². The summed E-state index contributed by atoms with van der Waals surface area (Å²) in [5, 5.41) is 11.5. The average molecular weight is 319 g/mol. The standard InChI is InChI=1S/C19H17N3O2/c20-11-10-14-6-8-16(9-7-14)21-19(24)15-3-1-4-17(13-15)22-12-2-5-18(22)23/h1,3-4,6-9,13H,2,5,10,12H2,(H,21,24). The summed E-state index contributed by atoms with van der Waals surface area (Å²) in [5.74, 6) is -0.128. The maximum absolute atomic E-state index is 12.4. The van der Waals surface area contributed by atoms with Crippen LogP contribution in [0, 0.1) is 11.3 Å². The molecule has 5 heteroatoms. The monoisotopic (exact) mass is 319 g/mol. The smallest absolute Gasteiger partial charge is 0.255 e. The zero-order chi connectivity index (χ0) is 16.9. The Balaban J connectivity index is 1.73. The van der Waals surface area contributed by atoms with Gasteiger partial charge in [0.05, 0.1) is 12.5 Å². The van der Waals surface area contributed by atoms with E-state index in [9.17, 15) is 9.59 Å². The minimum absolute atomic E-state index is 0.0978. The van der Waals surface area contributed by atoms with Crippen molar-refractivity contribution in [1.82, 2.24) is 0 Å². The Morgan fingerprint density at radius 2 is 2.00 bits per heavy atom. The van der Waals surface area contributed by atoms with Crippen molar-refractivity contribution >= 4 is 23.2 Å². The first kappa shape index (κ1) is 15.8. The summed E-state index contributed by atoms with van der Waals surface area (Å²) >= 11 is 0. The molecule has 1 aliphatic heterocycles. The number of nitriles is 1. The lowest BCUT2D eigenvalue weighted by Gasteiger charge is -2.16. The van der Waals surface area contributed by atoms with E-state index in [-0.39, 0.29) is 11.8 Å². The fourth-order valence-electron chi connectivity index (χ4n) is 2.74. The molecule has 0 unspecified atom stereocenters. The zero-order valence-corrected chi connectivity index (χ0v) is 13.2. The minimum atomic E-state index is -0.225. The lowest BCUT2D eigenvalue weighted by Crippen LogP contribution is -2.24. The first-order chi connectivity index (χ1) is 11.7. The lowest BCUT2D eigenvalue weighted by molar-refractivity contribution is -0.117. The number of carbonyl (C=O) groups excluding carboxylic acids is 2. The van der Waals surface area contributed by atoms with Crippen LogP contribution in [0.5, 0.6) is 0 Å². The molecule has 1 N–H and O–H groups in total. The Hall–Kier alpha value is -3.13. The van der Waals surface area contributed by atoms with Gasteiger partial charge >= 0.3 is 0 Å². The summed E-state index contributed by atoms with van der Waals surface area (Å²) in [5.41, 5.74) is 2.84. The van der Waals surface area contributed by atoms with Gasteiger partial charge in [-0.05, 0) is 42.3 Å². The molecule has 0 saturated carbocycles. The highest BCUT2D eigenvalue weighted by Gasteiger charge is 2.22. The van der Waals surface area contributed by atoms with Crippen LogP contribution in [0.15, 0.2) is 48.5 Å². The van der Waals surface area contributed by atoms with Crippen molar-refractivity contribution in [3.05, 3.63) is 59.7 Å². The number of amides is 2. The zero-order valence-electron chi connectivity index (χ0n) is 13.2. The van der Waals surface area contributed by atoms with Gasteiger partial charge in [-0.25, -0.2) is 0 Å². The van der Waals surface area contributed by atoms with Gasteiger partial charge in [-0.1, -0.05) is 18.2 Å². The highest BCUT2D eigenvalue weighted by Crippen LogP contribution is 2.22. The van der Waals surface area contributed by atoms with Crippen molar-refractivity contribution < 1.29 is 9.59 Å². The Kier molecular flexibility index (Phi) is 4.57. The number of benzene rings is 2.